The van der Waals surface area contributed by atoms with Gasteiger partial charge < -0.3 is 15.2 Å². The maximum atomic E-state index is 11.2. The number of ether oxygens (including phenoxy) is 1. The molecule has 0 aliphatic carbocycles. The van der Waals surface area contributed by atoms with Crippen LogP contribution in [0.3, 0.4) is 0 Å². The van der Waals surface area contributed by atoms with Crippen molar-refractivity contribution < 1.29 is 14.6 Å². The molecule has 206 valence electrons. The summed E-state index contributed by atoms with van der Waals surface area (Å²) in [6.07, 6.45) is 1.72. The minimum atomic E-state index is -1.06. The Bertz CT molecular complexity index is 2010. The molecule has 3 aromatic heterocycles. The number of fused-ring (bicyclic) bond motifs is 1. The van der Waals surface area contributed by atoms with Crippen LogP contribution in [0.4, 0.5) is 11.6 Å². The summed E-state index contributed by atoms with van der Waals surface area (Å²) < 4.78 is 8.60. The van der Waals surface area contributed by atoms with E-state index in [9.17, 15) is 10.1 Å². The lowest BCUT2D eigenvalue weighted by molar-refractivity contribution is 0.0697. The lowest BCUT2D eigenvalue weighted by atomic mass is 10.1. The Morgan fingerprint density at radius 3 is 2.52 bits per heavy atom. The van der Waals surface area contributed by atoms with Gasteiger partial charge in [-0.15, -0.1) is 16.4 Å². The molecule has 6 aromatic rings. The van der Waals surface area contributed by atoms with Gasteiger partial charge in [-0.3, -0.25) is 0 Å². The monoisotopic (exact) mass is 593 g/mol. The van der Waals surface area contributed by atoms with Crippen LogP contribution in [-0.4, -0.2) is 36.0 Å². The number of aryl methyl sites for hydroxylation is 2. The van der Waals surface area contributed by atoms with Crippen LogP contribution >= 0.6 is 22.9 Å². The van der Waals surface area contributed by atoms with E-state index in [4.69, 9.17) is 21.4 Å². The molecule has 0 aliphatic rings. The molecule has 3 heterocycles. The Labute approximate surface area is 248 Å². The third-order valence-corrected chi connectivity index (χ3v) is 7.63. The van der Waals surface area contributed by atoms with Gasteiger partial charge in [0.1, 0.15) is 16.1 Å². The van der Waals surface area contributed by atoms with E-state index in [2.05, 4.69) is 31.7 Å². The molecule has 0 spiro atoms. The Hall–Kier alpha value is -5.31. The molecule has 0 fully saturated rings. The smallest absolute Gasteiger partial charge is 0.335 e. The van der Waals surface area contributed by atoms with Crippen LogP contribution in [0.25, 0.3) is 27.2 Å². The van der Waals surface area contributed by atoms with Crippen molar-refractivity contribution in [3.8, 4) is 34.6 Å². The van der Waals surface area contributed by atoms with Gasteiger partial charge in [-0.2, -0.15) is 10.2 Å². The van der Waals surface area contributed by atoms with Crippen molar-refractivity contribution in [2.75, 3.05) is 5.32 Å². The number of rotatable bonds is 7. The number of nitrogens with one attached hydrogen (secondary N) is 1. The summed E-state index contributed by atoms with van der Waals surface area (Å²) in [4.78, 5) is 20.5. The average Bonchev–Trinajstić information content (AvgIpc) is 3.65. The third-order valence-electron chi connectivity index (χ3n) is 6.43. The number of thiophene rings is 1. The number of hydrogen-bond donors (Lipinski definition) is 2. The van der Waals surface area contributed by atoms with Crippen LogP contribution in [-0.2, 0) is 0 Å². The van der Waals surface area contributed by atoms with Gasteiger partial charge in [-0.25, -0.2) is 14.5 Å². The topological polar surface area (TPSA) is 139 Å². The molecular formula is C30H20ClN7O3S. The van der Waals surface area contributed by atoms with Crippen molar-refractivity contribution >= 4 is 50.8 Å². The zero-order chi connectivity index (χ0) is 29.4. The first-order valence-electron chi connectivity index (χ1n) is 12.6. The molecule has 0 amide bonds. The zero-order valence-electron chi connectivity index (χ0n) is 22.2. The summed E-state index contributed by atoms with van der Waals surface area (Å²) in [5.41, 5.74) is 5.80. The van der Waals surface area contributed by atoms with Crippen molar-refractivity contribution in [2.45, 2.75) is 13.8 Å². The van der Waals surface area contributed by atoms with E-state index in [1.165, 1.54) is 28.2 Å². The maximum Gasteiger partial charge on any atom is 0.335 e. The summed E-state index contributed by atoms with van der Waals surface area (Å²) in [5.74, 6) is 0.400. The van der Waals surface area contributed by atoms with Crippen molar-refractivity contribution in [1.29, 1.82) is 5.26 Å². The van der Waals surface area contributed by atoms with Crippen LogP contribution in [0.15, 0.2) is 72.2 Å². The Balaban J connectivity index is 1.23. The second kappa shape index (κ2) is 10.9. The van der Waals surface area contributed by atoms with Crippen LogP contribution < -0.4 is 10.1 Å². The molecule has 0 unspecified atom stereocenters. The second-order valence-corrected chi connectivity index (χ2v) is 10.7. The quantitative estimate of drug-likeness (QED) is 0.195. The molecule has 12 heteroatoms. The number of nitriles is 1. The predicted molar refractivity (Wildman–Crippen MR) is 160 cm³/mol. The fraction of sp³-hybridized carbons (Fsp3) is 0.0667. The van der Waals surface area contributed by atoms with Crippen molar-refractivity contribution in [2.24, 2.45) is 0 Å². The number of carbonyl (C=O) groups is 1. The van der Waals surface area contributed by atoms with Gasteiger partial charge in [0, 0.05) is 11.3 Å². The van der Waals surface area contributed by atoms with Gasteiger partial charge in [0.2, 0.25) is 11.8 Å². The van der Waals surface area contributed by atoms with E-state index < -0.39 is 5.97 Å². The molecule has 0 atom stereocenters. The second-order valence-electron chi connectivity index (χ2n) is 9.36. The van der Waals surface area contributed by atoms with Gasteiger partial charge in [0.15, 0.2) is 0 Å². The number of aromatic carboxylic acids is 1. The number of benzene rings is 3. The summed E-state index contributed by atoms with van der Waals surface area (Å²) in [6, 6.07) is 19.6. The molecule has 0 saturated heterocycles. The number of aromatic nitrogens is 5. The van der Waals surface area contributed by atoms with Crippen LogP contribution in [0.2, 0.25) is 5.02 Å². The minimum Gasteiger partial charge on any atom is -0.478 e. The molecule has 0 bridgehead atoms. The molecule has 3 aromatic carbocycles. The number of nitrogens with zero attached hydrogens (tertiary/aromatic N) is 6. The molecule has 10 nitrogen and oxygen atoms in total. The Morgan fingerprint density at radius 1 is 1.07 bits per heavy atom. The van der Waals surface area contributed by atoms with Gasteiger partial charge >= 0.3 is 5.97 Å². The third kappa shape index (κ3) is 5.24. The number of hydrogen-bond acceptors (Lipinski definition) is 9. The van der Waals surface area contributed by atoms with E-state index in [1.807, 2.05) is 49.6 Å². The fourth-order valence-electron chi connectivity index (χ4n) is 4.43. The standard InChI is InChI=1S/C30H20ClN7O3S/c1-16-11-18(14-32)12-17(2)26(16)41-28-27-23(9-10-42-27)34-30(35-28)33-21-6-3-19(4-7-21)24-15-38(37-36-24)25-8-5-20(29(39)40)13-22(25)31/h3-13,15H,1-2H3,(H,39,40)(H,33,34,35). The molecule has 0 aliphatic heterocycles. The summed E-state index contributed by atoms with van der Waals surface area (Å²) in [7, 11) is 0. The highest BCUT2D eigenvalue weighted by Crippen LogP contribution is 2.36. The van der Waals surface area contributed by atoms with E-state index in [0.717, 1.165) is 32.6 Å². The summed E-state index contributed by atoms with van der Waals surface area (Å²) in [6.45, 7) is 3.80. The molecule has 2 N–H and O–H groups in total. The first-order chi connectivity index (χ1) is 20.3. The van der Waals surface area contributed by atoms with Gasteiger partial charge in [0.25, 0.3) is 0 Å². The van der Waals surface area contributed by atoms with Gasteiger partial charge in [-0.1, -0.05) is 28.9 Å². The minimum absolute atomic E-state index is 0.0903. The molecule has 42 heavy (non-hydrogen) atoms. The molecule has 0 saturated carbocycles. The van der Waals surface area contributed by atoms with Crippen LogP contribution in [0.1, 0.15) is 27.0 Å². The lowest BCUT2D eigenvalue weighted by Gasteiger charge is -2.13. The van der Waals surface area contributed by atoms with Crippen molar-refractivity contribution in [3.05, 3.63) is 99.5 Å². The number of halogens is 1. The SMILES string of the molecule is Cc1cc(C#N)cc(C)c1Oc1nc(Nc2ccc(-c3cn(-c4ccc(C(=O)O)cc4Cl)nn3)cc2)nc2ccsc12. The largest absolute Gasteiger partial charge is 0.478 e. The highest BCUT2D eigenvalue weighted by atomic mass is 35.5. The average molecular weight is 594 g/mol. The maximum absolute atomic E-state index is 11.2. The van der Waals surface area contributed by atoms with E-state index in [0.29, 0.717) is 34.5 Å². The van der Waals surface area contributed by atoms with E-state index >= 15 is 0 Å². The van der Waals surface area contributed by atoms with Crippen molar-refractivity contribution in [1.82, 2.24) is 25.0 Å². The number of carboxylic acids is 1. The summed E-state index contributed by atoms with van der Waals surface area (Å²) >= 11 is 7.77. The highest BCUT2D eigenvalue weighted by Gasteiger charge is 2.16. The fourth-order valence-corrected chi connectivity index (χ4v) is 5.45. The van der Waals surface area contributed by atoms with Crippen LogP contribution in [0.5, 0.6) is 11.6 Å². The van der Waals surface area contributed by atoms with Gasteiger partial charge in [0.05, 0.1) is 39.6 Å². The highest BCUT2D eigenvalue weighted by molar-refractivity contribution is 7.17. The first kappa shape index (κ1) is 26.9. The normalized spacial score (nSPS) is 10.9. The van der Waals surface area contributed by atoms with E-state index in [-0.39, 0.29) is 10.6 Å². The number of carboxylic acid groups (broad SMARTS) is 1. The Morgan fingerprint density at radius 2 is 1.83 bits per heavy atom. The molecule has 0 radical (unpaired) electrons. The van der Waals surface area contributed by atoms with Crippen LogP contribution in [0, 0.1) is 25.2 Å². The predicted octanol–water partition coefficient (Wildman–Crippen LogP) is 7.32. The summed E-state index contributed by atoms with van der Waals surface area (Å²) in [5, 5.41) is 32.3. The van der Waals surface area contributed by atoms with E-state index in [1.54, 1.807) is 24.4 Å². The first-order valence-corrected chi connectivity index (χ1v) is 13.8. The zero-order valence-corrected chi connectivity index (χ0v) is 23.7. The Kier molecular flexibility index (Phi) is 7.00. The molecule has 6 rings (SSSR count). The number of anilines is 2. The van der Waals surface area contributed by atoms with Gasteiger partial charge in [-0.05, 0) is 78.9 Å². The lowest BCUT2D eigenvalue weighted by Crippen LogP contribution is -2.00. The molecular weight excluding hydrogens is 574 g/mol. The van der Waals surface area contributed by atoms with Crippen molar-refractivity contribution in [3.63, 3.8) is 0 Å².